The zero-order chi connectivity index (χ0) is 20.7. The van der Waals surface area contributed by atoms with E-state index in [2.05, 4.69) is 5.32 Å². The fourth-order valence-electron chi connectivity index (χ4n) is 3.03. The van der Waals surface area contributed by atoms with Gasteiger partial charge in [-0.1, -0.05) is 61.0 Å². The van der Waals surface area contributed by atoms with Crippen molar-refractivity contribution in [3.05, 3.63) is 70.7 Å². The first-order chi connectivity index (χ1) is 13.2. The molecule has 0 saturated heterocycles. The van der Waals surface area contributed by atoms with Gasteiger partial charge in [-0.3, -0.25) is 9.59 Å². The number of amides is 2. The summed E-state index contributed by atoms with van der Waals surface area (Å²) in [6.07, 6.45) is 0.795. The number of carbonyl (C=O) groups excluding carboxylic acids is 2. The van der Waals surface area contributed by atoms with E-state index in [-0.39, 0.29) is 23.8 Å². The van der Waals surface area contributed by atoms with Gasteiger partial charge in [0, 0.05) is 17.1 Å². The van der Waals surface area contributed by atoms with Crippen LogP contribution in [-0.4, -0.2) is 28.3 Å². The monoisotopic (exact) mass is 400 g/mol. The summed E-state index contributed by atoms with van der Waals surface area (Å²) in [6.45, 7) is 8.10. The minimum absolute atomic E-state index is 0.0722. The minimum atomic E-state index is -0.536. The standard InChI is InChI=1S/C23H29ClN2O2/c1-5-20(22(28)25-23(2,3)4)26(16-18-11-13-19(24)14-12-18)21(27)15-17-9-7-6-8-10-17/h6-14,20H,5,15-16H2,1-4H3,(H,25,28)/t20-/m1/s1. The molecule has 1 N–H and O–H groups in total. The second-order valence-electron chi connectivity index (χ2n) is 7.97. The van der Waals surface area contributed by atoms with Crippen LogP contribution >= 0.6 is 11.6 Å². The molecule has 0 aliphatic carbocycles. The highest BCUT2D eigenvalue weighted by molar-refractivity contribution is 6.30. The first-order valence-corrected chi connectivity index (χ1v) is 9.97. The predicted octanol–water partition coefficient (Wildman–Crippen LogP) is 4.60. The van der Waals surface area contributed by atoms with Crippen LogP contribution in [0, 0.1) is 0 Å². The summed E-state index contributed by atoms with van der Waals surface area (Å²) in [5, 5.41) is 3.65. The maximum atomic E-state index is 13.2. The van der Waals surface area contributed by atoms with Crippen molar-refractivity contribution in [3.8, 4) is 0 Å². The van der Waals surface area contributed by atoms with Gasteiger partial charge in [0.2, 0.25) is 11.8 Å². The van der Waals surface area contributed by atoms with E-state index in [9.17, 15) is 9.59 Å². The lowest BCUT2D eigenvalue weighted by Gasteiger charge is -2.33. The Morgan fingerprint density at radius 3 is 2.14 bits per heavy atom. The Kier molecular flexibility index (Phi) is 7.64. The van der Waals surface area contributed by atoms with Crippen LogP contribution < -0.4 is 5.32 Å². The van der Waals surface area contributed by atoms with Gasteiger partial charge in [-0.2, -0.15) is 0 Å². The molecular formula is C23H29ClN2O2. The van der Waals surface area contributed by atoms with E-state index in [0.717, 1.165) is 11.1 Å². The van der Waals surface area contributed by atoms with Gasteiger partial charge >= 0.3 is 0 Å². The van der Waals surface area contributed by atoms with E-state index in [4.69, 9.17) is 11.6 Å². The van der Waals surface area contributed by atoms with Crippen LogP contribution in [0.25, 0.3) is 0 Å². The summed E-state index contributed by atoms with van der Waals surface area (Å²) >= 11 is 5.99. The molecule has 0 unspecified atom stereocenters. The molecular weight excluding hydrogens is 372 g/mol. The van der Waals surface area contributed by atoms with Crippen LogP contribution in [0.5, 0.6) is 0 Å². The number of rotatable bonds is 7. The molecule has 4 nitrogen and oxygen atoms in total. The van der Waals surface area contributed by atoms with Crippen LogP contribution in [0.1, 0.15) is 45.2 Å². The van der Waals surface area contributed by atoms with Gasteiger partial charge in [-0.15, -0.1) is 0 Å². The van der Waals surface area contributed by atoms with E-state index in [0.29, 0.717) is 18.0 Å². The summed E-state index contributed by atoms with van der Waals surface area (Å²) < 4.78 is 0. The molecule has 2 aromatic rings. The van der Waals surface area contributed by atoms with Crippen LogP contribution in [0.2, 0.25) is 5.02 Å². The van der Waals surface area contributed by atoms with Crippen molar-refractivity contribution in [3.63, 3.8) is 0 Å². The number of halogens is 1. The van der Waals surface area contributed by atoms with Crippen LogP contribution in [0.3, 0.4) is 0 Å². The zero-order valence-corrected chi connectivity index (χ0v) is 17.8. The molecule has 0 fully saturated rings. The Balaban J connectivity index is 2.28. The highest BCUT2D eigenvalue weighted by atomic mass is 35.5. The van der Waals surface area contributed by atoms with E-state index in [1.807, 2.05) is 70.2 Å². The number of carbonyl (C=O) groups is 2. The summed E-state index contributed by atoms with van der Waals surface area (Å²) in [6, 6.07) is 16.4. The first kappa shape index (κ1) is 22.0. The minimum Gasteiger partial charge on any atom is -0.350 e. The molecule has 0 bridgehead atoms. The SMILES string of the molecule is CC[C@H](C(=O)NC(C)(C)C)N(Cc1ccc(Cl)cc1)C(=O)Cc1ccccc1. The van der Waals surface area contributed by atoms with Crippen LogP contribution in [-0.2, 0) is 22.6 Å². The molecule has 28 heavy (non-hydrogen) atoms. The molecule has 150 valence electrons. The molecule has 0 spiro atoms. The molecule has 0 aromatic heterocycles. The molecule has 0 radical (unpaired) electrons. The molecule has 0 heterocycles. The van der Waals surface area contributed by atoms with Gasteiger partial charge in [0.1, 0.15) is 6.04 Å². The number of nitrogens with one attached hydrogen (secondary N) is 1. The van der Waals surface area contributed by atoms with E-state index < -0.39 is 6.04 Å². The molecule has 2 rings (SSSR count). The largest absolute Gasteiger partial charge is 0.350 e. The van der Waals surface area contributed by atoms with Gasteiger partial charge in [0.25, 0.3) is 0 Å². The smallest absolute Gasteiger partial charge is 0.243 e. The fourth-order valence-corrected chi connectivity index (χ4v) is 3.16. The Morgan fingerprint density at radius 2 is 1.61 bits per heavy atom. The van der Waals surface area contributed by atoms with E-state index >= 15 is 0 Å². The van der Waals surface area contributed by atoms with E-state index in [1.165, 1.54) is 0 Å². The van der Waals surface area contributed by atoms with Crippen molar-refractivity contribution in [1.82, 2.24) is 10.2 Å². The summed E-state index contributed by atoms with van der Waals surface area (Å²) in [5.74, 6) is -0.206. The predicted molar refractivity (Wildman–Crippen MR) is 114 cm³/mol. The average Bonchev–Trinajstić information content (AvgIpc) is 2.62. The molecule has 5 heteroatoms. The normalized spacial score (nSPS) is 12.3. The molecule has 0 aliphatic heterocycles. The van der Waals surface area contributed by atoms with Crippen molar-refractivity contribution in [1.29, 1.82) is 0 Å². The fraction of sp³-hybridized carbons (Fsp3) is 0.391. The van der Waals surface area contributed by atoms with Gasteiger partial charge < -0.3 is 10.2 Å². The lowest BCUT2D eigenvalue weighted by molar-refractivity contribution is -0.141. The van der Waals surface area contributed by atoms with Gasteiger partial charge in [-0.05, 0) is 50.5 Å². The number of hydrogen-bond donors (Lipinski definition) is 1. The maximum Gasteiger partial charge on any atom is 0.243 e. The molecule has 0 saturated carbocycles. The van der Waals surface area contributed by atoms with Crippen molar-refractivity contribution >= 4 is 23.4 Å². The molecule has 1 atom stereocenters. The third-order valence-corrected chi connectivity index (χ3v) is 4.60. The Bertz CT molecular complexity index is 782. The van der Waals surface area contributed by atoms with Gasteiger partial charge in [0.05, 0.1) is 6.42 Å². The van der Waals surface area contributed by atoms with Gasteiger partial charge in [0.15, 0.2) is 0 Å². The molecule has 2 aromatic carbocycles. The quantitative estimate of drug-likeness (QED) is 0.738. The average molecular weight is 401 g/mol. The lowest BCUT2D eigenvalue weighted by atomic mass is 10.0. The summed E-state index contributed by atoms with van der Waals surface area (Å²) in [4.78, 5) is 27.8. The van der Waals surface area contributed by atoms with Gasteiger partial charge in [-0.25, -0.2) is 0 Å². The van der Waals surface area contributed by atoms with E-state index in [1.54, 1.807) is 17.0 Å². The van der Waals surface area contributed by atoms with Crippen molar-refractivity contribution in [2.45, 2.75) is 58.7 Å². The third kappa shape index (κ3) is 6.68. The van der Waals surface area contributed by atoms with Crippen molar-refractivity contribution in [2.24, 2.45) is 0 Å². The van der Waals surface area contributed by atoms with Crippen molar-refractivity contribution < 1.29 is 9.59 Å². The highest BCUT2D eigenvalue weighted by Crippen LogP contribution is 2.17. The topological polar surface area (TPSA) is 49.4 Å². The van der Waals surface area contributed by atoms with Crippen LogP contribution in [0.15, 0.2) is 54.6 Å². The molecule has 0 aliphatic rings. The lowest BCUT2D eigenvalue weighted by Crippen LogP contribution is -2.53. The number of nitrogens with zero attached hydrogens (tertiary/aromatic N) is 1. The summed E-state index contributed by atoms with van der Waals surface area (Å²) in [5.41, 5.74) is 1.51. The third-order valence-electron chi connectivity index (χ3n) is 4.35. The first-order valence-electron chi connectivity index (χ1n) is 9.59. The Morgan fingerprint density at radius 1 is 1.00 bits per heavy atom. The second-order valence-corrected chi connectivity index (χ2v) is 8.41. The Hall–Kier alpha value is -2.33. The van der Waals surface area contributed by atoms with Crippen LogP contribution in [0.4, 0.5) is 0 Å². The highest BCUT2D eigenvalue weighted by Gasteiger charge is 2.30. The number of hydrogen-bond acceptors (Lipinski definition) is 2. The Labute approximate surface area is 172 Å². The zero-order valence-electron chi connectivity index (χ0n) is 17.0. The number of benzene rings is 2. The maximum absolute atomic E-state index is 13.2. The second kappa shape index (κ2) is 9.74. The summed E-state index contributed by atoms with van der Waals surface area (Å²) in [7, 11) is 0. The molecule has 2 amide bonds. The van der Waals surface area contributed by atoms with Crippen molar-refractivity contribution in [2.75, 3.05) is 0 Å².